The average molecular weight is 505 g/mol. The Morgan fingerprint density at radius 2 is 2.12 bits per heavy atom. The van der Waals surface area contributed by atoms with Crippen molar-refractivity contribution >= 4 is 49.6 Å². The second kappa shape index (κ2) is 8.09. The van der Waals surface area contributed by atoms with Crippen molar-refractivity contribution in [2.24, 2.45) is 5.73 Å². The number of anilines is 2. The fraction of sp³-hybridized carbons (Fsp3) is 0.500. The number of hydrogen-bond donors (Lipinski definition) is 3. The molecule has 9 nitrogen and oxygen atoms in total. The van der Waals surface area contributed by atoms with Gasteiger partial charge in [0.05, 0.1) is 41.2 Å². The Balaban J connectivity index is 1.17. The number of thiazole rings is 1. The van der Waals surface area contributed by atoms with E-state index >= 15 is 4.39 Å². The summed E-state index contributed by atoms with van der Waals surface area (Å²) < 4.78 is 27.5. The van der Waals surface area contributed by atoms with Gasteiger partial charge in [-0.2, -0.15) is 0 Å². The van der Waals surface area contributed by atoms with Gasteiger partial charge in [-0.1, -0.05) is 0 Å². The molecule has 5 N–H and O–H groups in total. The van der Waals surface area contributed by atoms with Crippen LogP contribution >= 0.6 is 22.7 Å². The van der Waals surface area contributed by atoms with Gasteiger partial charge in [0.25, 0.3) is 5.91 Å². The van der Waals surface area contributed by atoms with Crippen LogP contribution < -0.4 is 21.7 Å². The Kier molecular flexibility index (Phi) is 5.26. The quantitative estimate of drug-likeness (QED) is 0.494. The number of hydrogen-bond acceptors (Lipinski definition) is 10. The third-order valence-electron chi connectivity index (χ3n) is 6.72. The molecule has 6 rings (SSSR count). The predicted octanol–water partition coefficient (Wildman–Crippen LogP) is 1.96. The molecule has 2 fully saturated rings. The maximum atomic E-state index is 15.1. The van der Waals surface area contributed by atoms with Crippen molar-refractivity contribution < 1.29 is 18.7 Å². The van der Waals surface area contributed by atoms with E-state index < -0.39 is 11.6 Å². The van der Waals surface area contributed by atoms with Crippen LogP contribution in [0.3, 0.4) is 0 Å². The number of ether oxygens (including phenoxy) is 2. The first-order valence-corrected chi connectivity index (χ1v) is 12.9. The zero-order valence-corrected chi connectivity index (χ0v) is 20.2. The molecule has 0 aromatic carbocycles. The summed E-state index contributed by atoms with van der Waals surface area (Å²) in [4.78, 5) is 25.1. The van der Waals surface area contributed by atoms with Crippen molar-refractivity contribution in [1.29, 1.82) is 0 Å². The topological polar surface area (TPSA) is 129 Å². The van der Waals surface area contributed by atoms with Gasteiger partial charge >= 0.3 is 0 Å². The highest BCUT2D eigenvalue weighted by molar-refractivity contribution is 7.29. The van der Waals surface area contributed by atoms with Gasteiger partial charge in [0.15, 0.2) is 11.6 Å². The molecule has 0 saturated carbocycles. The molecule has 180 valence electrons. The molecule has 0 bridgehead atoms. The Morgan fingerprint density at radius 3 is 2.88 bits per heavy atom. The van der Waals surface area contributed by atoms with Crippen LogP contribution in [-0.2, 0) is 22.3 Å². The van der Waals surface area contributed by atoms with E-state index in [4.69, 9.17) is 20.9 Å². The standard InChI is InChI=1S/C22H25FN6O3S2/c1-10-26-21-18(33-10)16(25)17(34-21)20(30)27-12-2-3-14-11(6-12)7-13(23)19(28-14)29-8-15(24)22(9-29)31-4-5-32-22/h7,12,15H,2-6,8-9,24-25H2,1H3,(H,27,30). The molecule has 0 radical (unpaired) electrons. The van der Waals surface area contributed by atoms with E-state index in [0.717, 1.165) is 25.8 Å². The molecule has 5 heterocycles. The number of thiophene rings is 1. The van der Waals surface area contributed by atoms with E-state index in [1.54, 1.807) is 4.90 Å². The van der Waals surface area contributed by atoms with Crippen LogP contribution in [0.15, 0.2) is 6.07 Å². The molecular weight excluding hydrogens is 479 g/mol. The summed E-state index contributed by atoms with van der Waals surface area (Å²) in [6.07, 6.45) is 1.86. The molecule has 34 heavy (non-hydrogen) atoms. The van der Waals surface area contributed by atoms with Crippen LogP contribution in [0.25, 0.3) is 9.53 Å². The van der Waals surface area contributed by atoms with Gasteiger partial charge in [0.2, 0.25) is 5.79 Å². The first-order valence-electron chi connectivity index (χ1n) is 11.3. The lowest BCUT2D eigenvalue weighted by Crippen LogP contribution is -2.47. The number of nitrogens with zero attached hydrogens (tertiary/aromatic N) is 3. The number of carbonyl (C=O) groups is 1. The zero-order valence-electron chi connectivity index (χ0n) is 18.6. The van der Waals surface area contributed by atoms with Gasteiger partial charge in [-0.15, -0.1) is 22.7 Å². The summed E-state index contributed by atoms with van der Waals surface area (Å²) in [7, 11) is 0. The van der Waals surface area contributed by atoms with Crippen molar-refractivity contribution in [1.82, 2.24) is 15.3 Å². The lowest BCUT2D eigenvalue weighted by molar-refractivity contribution is -0.147. The van der Waals surface area contributed by atoms with E-state index in [9.17, 15) is 4.79 Å². The van der Waals surface area contributed by atoms with Crippen LogP contribution in [0.2, 0.25) is 0 Å². The van der Waals surface area contributed by atoms with Crippen LogP contribution in [0.5, 0.6) is 0 Å². The number of nitrogen functional groups attached to an aromatic ring is 1. The maximum absolute atomic E-state index is 15.1. The molecule has 2 unspecified atom stereocenters. The Hall–Kier alpha value is -2.38. The zero-order chi connectivity index (χ0) is 23.6. The Bertz CT molecular complexity index is 1290. The molecule has 3 aromatic heterocycles. The number of pyridine rings is 1. The average Bonchev–Trinajstić information content (AvgIpc) is 3.55. The van der Waals surface area contributed by atoms with Crippen LogP contribution in [0.1, 0.15) is 32.4 Å². The highest BCUT2D eigenvalue weighted by Crippen LogP contribution is 2.38. The van der Waals surface area contributed by atoms with Crippen molar-refractivity contribution in [3.8, 4) is 0 Å². The van der Waals surface area contributed by atoms with Gasteiger partial charge in [-0.25, -0.2) is 14.4 Å². The SMILES string of the molecule is Cc1nc2sc(C(=O)NC3CCc4nc(N5CC(N)C6(C5)OCCO6)c(F)cc4C3)c(N)c2s1. The number of amides is 1. The number of nitrogens with one attached hydrogen (secondary N) is 1. The normalized spacial score (nSPS) is 23.7. The van der Waals surface area contributed by atoms with Gasteiger partial charge in [-0.05, 0) is 37.8 Å². The minimum absolute atomic E-state index is 0.120. The van der Waals surface area contributed by atoms with Crippen LogP contribution in [-0.4, -0.2) is 60.0 Å². The number of halogens is 1. The number of fused-ring (bicyclic) bond motifs is 2. The highest BCUT2D eigenvalue weighted by atomic mass is 32.1. The lowest BCUT2D eigenvalue weighted by atomic mass is 9.91. The molecule has 2 aliphatic heterocycles. The molecule has 1 spiro atoms. The Labute approximate surface area is 203 Å². The fourth-order valence-corrected chi connectivity index (χ4v) is 7.15. The number of aryl methyl sites for hydroxylation is 2. The molecule has 3 aliphatic rings. The number of rotatable bonds is 3. The van der Waals surface area contributed by atoms with Crippen LogP contribution in [0.4, 0.5) is 15.9 Å². The first kappa shape index (κ1) is 22.1. The molecule has 1 aliphatic carbocycles. The number of nitrogens with two attached hydrogens (primary N) is 2. The second-order valence-electron chi connectivity index (χ2n) is 9.02. The van der Waals surface area contributed by atoms with Crippen molar-refractivity contribution in [3.05, 3.63) is 33.0 Å². The van der Waals surface area contributed by atoms with Gasteiger partial charge in [0, 0.05) is 18.3 Å². The molecule has 3 aromatic rings. The summed E-state index contributed by atoms with van der Waals surface area (Å²) in [5, 5.41) is 3.99. The molecule has 12 heteroatoms. The van der Waals surface area contributed by atoms with Crippen molar-refractivity contribution in [2.75, 3.05) is 36.9 Å². The van der Waals surface area contributed by atoms with E-state index in [0.29, 0.717) is 56.1 Å². The van der Waals surface area contributed by atoms with Gasteiger partial charge in [-0.3, -0.25) is 4.79 Å². The van der Waals surface area contributed by atoms with Crippen molar-refractivity contribution in [2.45, 2.75) is 44.1 Å². The second-order valence-corrected chi connectivity index (χ2v) is 11.2. The largest absolute Gasteiger partial charge is 0.396 e. The third kappa shape index (κ3) is 3.55. The first-order chi connectivity index (χ1) is 16.3. The molecular formula is C22H25FN6O3S2. The molecule has 2 atom stereocenters. The van der Waals surface area contributed by atoms with E-state index in [2.05, 4.69) is 15.3 Å². The van der Waals surface area contributed by atoms with E-state index in [1.807, 2.05) is 6.92 Å². The molecule has 1 amide bonds. The number of carbonyl (C=O) groups excluding carboxylic acids is 1. The van der Waals surface area contributed by atoms with Crippen LogP contribution in [0, 0.1) is 12.7 Å². The van der Waals surface area contributed by atoms with Gasteiger partial charge in [0.1, 0.15) is 9.71 Å². The maximum Gasteiger partial charge on any atom is 0.263 e. The lowest BCUT2D eigenvalue weighted by Gasteiger charge is -2.27. The minimum Gasteiger partial charge on any atom is -0.396 e. The summed E-state index contributed by atoms with van der Waals surface area (Å²) in [6, 6.07) is 1.04. The fourth-order valence-electron chi connectivity index (χ4n) is 5.05. The number of aromatic nitrogens is 2. The van der Waals surface area contributed by atoms with Crippen molar-refractivity contribution in [3.63, 3.8) is 0 Å². The third-order valence-corrected chi connectivity index (χ3v) is 8.95. The summed E-state index contributed by atoms with van der Waals surface area (Å²) in [5.41, 5.74) is 14.6. The molecule has 2 saturated heterocycles. The predicted molar refractivity (Wildman–Crippen MR) is 129 cm³/mol. The smallest absolute Gasteiger partial charge is 0.263 e. The van der Waals surface area contributed by atoms with E-state index in [1.165, 1.54) is 28.7 Å². The summed E-state index contributed by atoms with van der Waals surface area (Å²) >= 11 is 2.80. The monoisotopic (exact) mass is 504 g/mol. The van der Waals surface area contributed by atoms with E-state index in [-0.39, 0.29) is 23.8 Å². The highest BCUT2D eigenvalue weighted by Gasteiger charge is 2.50. The summed E-state index contributed by atoms with van der Waals surface area (Å²) in [6.45, 7) is 3.65. The van der Waals surface area contributed by atoms with Gasteiger partial charge < -0.3 is 31.2 Å². The Morgan fingerprint density at radius 1 is 1.32 bits per heavy atom. The minimum atomic E-state index is -0.883. The summed E-state index contributed by atoms with van der Waals surface area (Å²) in [5.74, 6) is -1.22.